The number of ether oxygens (including phenoxy) is 1. The van der Waals surface area contributed by atoms with Crippen molar-refractivity contribution < 1.29 is 24.5 Å². The Kier molecular flexibility index (Phi) is 11.1. The fourth-order valence-electron chi connectivity index (χ4n) is 5.25. The smallest absolute Gasteiger partial charge is 0.158 e. The third-order valence-electron chi connectivity index (χ3n) is 7.56. The van der Waals surface area contributed by atoms with Gasteiger partial charge in [0, 0.05) is 31.7 Å². The van der Waals surface area contributed by atoms with Crippen molar-refractivity contribution in [1.82, 2.24) is 4.90 Å². The average Bonchev–Trinajstić information content (AvgIpc) is 3.39. The Hall–Kier alpha value is -2.60. The molecule has 1 heterocycles. The summed E-state index contributed by atoms with van der Waals surface area (Å²) < 4.78 is 5.51. The van der Waals surface area contributed by atoms with E-state index in [9.17, 15) is 19.8 Å². The number of hydrogen-bond donors (Lipinski definition) is 2. The summed E-state index contributed by atoms with van der Waals surface area (Å²) in [5.74, 6) is 1.28. The summed E-state index contributed by atoms with van der Waals surface area (Å²) in [6.07, 6.45) is 12.0. The summed E-state index contributed by atoms with van der Waals surface area (Å²) in [6.45, 7) is 7.67. The van der Waals surface area contributed by atoms with Gasteiger partial charge in [-0.2, -0.15) is 0 Å². The molecule has 6 heteroatoms. The molecule has 3 rings (SSSR count). The number of carbonyl (C=O) groups excluding carboxylic acids is 2. The Bertz CT molecular complexity index is 945. The molecular formula is C30H43NO5. The number of phenolic OH excluding ortho intramolecular Hbond substituents is 2. The van der Waals surface area contributed by atoms with Crippen LogP contribution in [0, 0.1) is 11.8 Å². The van der Waals surface area contributed by atoms with Gasteiger partial charge in [0.1, 0.15) is 5.78 Å². The highest BCUT2D eigenvalue weighted by atomic mass is 16.5. The van der Waals surface area contributed by atoms with Crippen molar-refractivity contribution in [1.29, 1.82) is 0 Å². The molecule has 2 unspecified atom stereocenters. The highest BCUT2D eigenvalue weighted by molar-refractivity contribution is 5.95. The summed E-state index contributed by atoms with van der Waals surface area (Å²) in [5.41, 5.74) is 1.82. The van der Waals surface area contributed by atoms with Crippen molar-refractivity contribution in [2.24, 2.45) is 11.8 Å². The first-order chi connectivity index (χ1) is 17.4. The Morgan fingerprint density at radius 2 is 1.75 bits per heavy atom. The van der Waals surface area contributed by atoms with E-state index in [2.05, 4.69) is 4.90 Å². The molecule has 0 amide bonds. The van der Waals surface area contributed by atoms with Gasteiger partial charge in [-0.25, -0.2) is 0 Å². The Morgan fingerprint density at radius 3 is 2.42 bits per heavy atom. The van der Waals surface area contributed by atoms with Crippen LogP contribution in [0.5, 0.6) is 11.5 Å². The van der Waals surface area contributed by atoms with Crippen LogP contribution in [0.4, 0.5) is 0 Å². The quantitative estimate of drug-likeness (QED) is 0.238. The van der Waals surface area contributed by atoms with Crippen LogP contribution in [-0.4, -0.2) is 52.9 Å². The van der Waals surface area contributed by atoms with E-state index in [0.29, 0.717) is 38.7 Å². The van der Waals surface area contributed by atoms with Gasteiger partial charge in [0.05, 0.1) is 12.4 Å². The van der Waals surface area contributed by atoms with Crippen LogP contribution >= 0.6 is 0 Å². The van der Waals surface area contributed by atoms with Crippen molar-refractivity contribution in [3.63, 3.8) is 0 Å². The zero-order chi connectivity index (χ0) is 25.9. The molecular weight excluding hydrogens is 454 g/mol. The van der Waals surface area contributed by atoms with Crippen LogP contribution in [-0.2, 0) is 20.7 Å². The van der Waals surface area contributed by atoms with E-state index in [1.165, 1.54) is 18.9 Å². The van der Waals surface area contributed by atoms with E-state index in [1.807, 2.05) is 32.1 Å². The second-order valence-electron chi connectivity index (χ2n) is 10.3. The van der Waals surface area contributed by atoms with E-state index >= 15 is 0 Å². The normalized spacial score (nSPS) is 17.8. The molecule has 2 N–H and O–H groups in total. The van der Waals surface area contributed by atoms with Gasteiger partial charge >= 0.3 is 0 Å². The molecule has 1 aromatic carbocycles. The Balaban J connectivity index is 1.43. The number of ketones is 2. The lowest BCUT2D eigenvalue weighted by Gasteiger charge is -2.28. The molecule has 0 spiro atoms. The van der Waals surface area contributed by atoms with E-state index in [-0.39, 0.29) is 34.9 Å². The van der Waals surface area contributed by atoms with Crippen LogP contribution < -0.4 is 0 Å². The lowest BCUT2D eigenvalue weighted by Crippen LogP contribution is -2.34. The van der Waals surface area contributed by atoms with Crippen LogP contribution in [0.3, 0.4) is 0 Å². The minimum atomic E-state index is -0.121. The number of carbonyl (C=O) groups is 2. The van der Waals surface area contributed by atoms with Crippen molar-refractivity contribution in [2.45, 2.75) is 78.1 Å². The number of rotatable bonds is 15. The predicted molar refractivity (Wildman–Crippen MR) is 142 cm³/mol. The molecule has 1 aliphatic heterocycles. The van der Waals surface area contributed by atoms with Gasteiger partial charge in [0.25, 0.3) is 0 Å². The summed E-state index contributed by atoms with van der Waals surface area (Å²) in [7, 11) is 0. The molecule has 0 radical (unpaired) electrons. The van der Waals surface area contributed by atoms with E-state index in [4.69, 9.17) is 4.74 Å². The number of phenols is 2. The number of Topliss-reactive ketones (excluding diaryl/α,β-unsaturated/α-hetero) is 2. The lowest BCUT2D eigenvalue weighted by molar-refractivity contribution is -0.124. The predicted octanol–water partition coefficient (Wildman–Crippen LogP) is 5.72. The maximum atomic E-state index is 13.1. The van der Waals surface area contributed by atoms with Gasteiger partial charge < -0.3 is 19.8 Å². The van der Waals surface area contributed by atoms with Crippen molar-refractivity contribution in [3.05, 3.63) is 47.2 Å². The fraction of sp³-hybridized carbons (Fsp3) is 0.600. The largest absolute Gasteiger partial charge is 0.504 e. The average molecular weight is 498 g/mol. The first-order valence-corrected chi connectivity index (χ1v) is 13.7. The topological polar surface area (TPSA) is 87.1 Å². The molecule has 0 saturated carbocycles. The van der Waals surface area contributed by atoms with Gasteiger partial charge in [0.2, 0.25) is 0 Å². The van der Waals surface area contributed by atoms with E-state index < -0.39 is 0 Å². The zero-order valence-corrected chi connectivity index (χ0v) is 22.0. The SMILES string of the molecule is CCOC1=CCC(C(=O)CCCCCC(=O)C(C)C(Cc2ccc(O)c(O)c2)CN2CCCC2)=CC1. The number of unbranched alkanes of at least 4 members (excludes halogenated alkanes) is 2. The van der Waals surface area contributed by atoms with Crippen LogP contribution in [0.25, 0.3) is 0 Å². The van der Waals surface area contributed by atoms with Crippen LogP contribution in [0.2, 0.25) is 0 Å². The van der Waals surface area contributed by atoms with Crippen LogP contribution in [0.1, 0.15) is 77.2 Å². The molecule has 2 aliphatic rings. The number of benzene rings is 1. The molecule has 1 aliphatic carbocycles. The number of likely N-dealkylation sites (tertiary alicyclic amines) is 1. The fourth-order valence-corrected chi connectivity index (χ4v) is 5.25. The second-order valence-corrected chi connectivity index (χ2v) is 10.3. The van der Waals surface area contributed by atoms with Gasteiger partial charge in [-0.1, -0.05) is 25.5 Å². The van der Waals surface area contributed by atoms with Crippen molar-refractivity contribution in [2.75, 3.05) is 26.2 Å². The standard InChI is InChI=1S/C30H43NO5/c1-3-36-26-14-12-24(13-15-26)28(33)10-6-4-5-9-27(32)22(2)25(21-31-17-7-8-18-31)19-23-11-16-29(34)30(35)20-23/h11-12,15-16,20,22,25,34-35H,3-10,13-14,17-19,21H2,1-2H3. The minimum Gasteiger partial charge on any atom is -0.504 e. The summed E-state index contributed by atoms with van der Waals surface area (Å²) in [5, 5.41) is 19.5. The van der Waals surface area contributed by atoms with E-state index in [0.717, 1.165) is 55.8 Å². The summed E-state index contributed by atoms with van der Waals surface area (Å²) in [4.78, 5) is 28.0. The number of nitrogens with zero attached hydrogens (tertiary/aromatic N) is 1. The Labute approximate surface area is 216 Å². The zero-order valence-electron chi connectivity index (χ0n) is 22.0. The first kappa shape index (κ1) is 28.0. The molecule has 198 valence electrons. The number of aromatic hydroxyl groups is 2. The van der Waals surface area contributed by atoms with Gasteiger partial charge in [-0.05, 0) is 93.8 Å². The van der Waals surface area contributed by atoms with Crippen LogP contribution in [0.15, 0.2) is 41.7 Å². The molecule has 1 saturated heterocycles. The van der Waals surface area contributed by atoms with Crippen molar-refractivity contribution >= 4 is 11.6 Å². The highest BCUT2D eigenvalue weighted by Gasteiger charge is 2.27. The lowest BCUT2D eigenvalue weighted by atomic mass is 9.83. The summed E-state index contributed by atoms with van der Waals surface area (Å²) >= 11 is 0. The molecule has 1 fully saturated rings. The van der Waals surface area contributed by atoms with Gasteiger partial charge in [-0.15, -0.1) is 0 Å². The number of allylic oxidation sites excluding steroid dienone is 3. The highest BCUT2D eigenvalue weighted by Crippen LogP contribution is 2.29. The van der Waals surface area contributed by atoms with Crippen molar-refractivity contribution in [3.8, 4) is 11.5 Å². The molecule has 0 bridgehead atoms. The monoisotopic (exact) mass is 497 g/mol. The summed E-state index contributed by atoms with van der Waals surface area (Å²) in [6, 6.07) is 4.95. The third kappa shape index (κ3) is 8.51. The molecule has 0 aromatic heterocycles. The van der Waals surface area contributed by atoms with Gasteiger partial charge in [0.15, 0.2) is 17.3 Å². The number of hydrogen-bond acceptors (Lipinski definition) is 6. The van der Waals surface area contributed by atoms with E-state index in [1.54, 1.807) is 6.07 Å². The third-order valence-corrected chi connectivity index (χ3v) is 7.56. The molecule has 36 heavy (non-hydrogen) atoms. The second kappa shape index (κ2) is 14.2. The van der Waals surface area contributed by atoms with Gasteiger partial charge in [-0.3, -0.25) is 9.59 Å². The minimum absolute atomic E-state index is 0.0816. The molecule has 2 atom stereocenters. The molecule has 1 aromatic rings. The Morgan fingerprint density at radius 1 is 1.00 bits per heavy atom. The first-order valence-electron chi connectivity index (χ1n) is 13.7. The maximum Gasteiger partial charge on any atom is 0.158 e. The maximum absolute atomic E-state index is 13.1. The molecule has 6 nitrogen and oxygen atoms in total.